The van der Waals surface area contributed by atoms with Gasteiger partial charge >= 0.3 is 5.97 Å². The molecule has 0 saturated carbocycles. The quantitative estimate of drug-likeness (QED) is 0.919. The van der Waals surface area contributed by atoms with E-state index in [4.69, 9.17) is 9.84 Å². The minimum atomic E-state index is -1.06. The Bertz CT molecular complexity index is 660. The van der Waals surface area contributed by atoms with Crippen molar-refractivity contribution >= 4 is 23.1 Å². The van der Waals surface area contributed by atoms with Crippen molar-refractivity contribution in [3.63, 3.8) is 0 Å². The molecular formula is C13H14N4O3S. The van der Waals surface area contributed by atoms with Crippen LogP contribution in [-0.2, 0) is 4.74 Å². The van der Waals surface area contributed by atoms with E-state index in [0.717, 1.165) is 10.7 Å². The highest BCUT2D eigenvalue weighted by molar-refractivity contribution is 7.09. The summed E-state index contributed by atoms with van der Waals surface area (Å²) in [5.41, 5.74) is 0.971. The van der Waals surface area contributed by atoms with E-state index < -0.39 is 5.97 Å². The van der Waals surface area contributed by atoms with E-state index in [-0.39, 0.29) is 11.8 Å². The third kappa shape index (κ3) is 3.01. The van der Waals surface area contributed by atoms with Crippen molar-refractivity contribution in [1.82, 2.24) is 15.0 Å². The number of thiazole rings is 1. The summed E-state index contributed by atoms with van der Waals surface area (Å²) in [6.07, 6.45) is 1.16. The Morgan fingerprint density at radius 2 is 2.38 bits per heavy atom. The Balaban J connectivity index is 1.79. The van der Waals surface area contributed by atoms with Crippen molar-refractivity contribution in [3.8, 4) is 0 Å². The molecule has 0 bridgehead atoms. The normalized spacial score (nSPS) is 18.7. The number of aryl methyl sites for hydroxylation is 1. The van der Waals surface area contributed by atoms with Gasteiger partial charge in [0, 0.05) is 23.7 Å². The van der Waals surface area contributed by atoms with Gasteiger partial charge in [-0.1, -0.05) is 0 Å². The zero-order chi connectivity index (χ0) is 14.8. The first-order chi connectivity index (χ1) is 10.1. The molecule has 1 atom stereocenters. The second kappa shape index (κ2) is 5.74. The van der Waals surface area contributed by atoms with Gasteiger partial charge < -0.3 is 14.7 Å². The molecule has 0 aliphatic carbocycles. The Kier molecular flexibility index (Phi) is 3.80. The van der Waals surface area contributed by atoms with Crippen LogP contribution in [0.15, 0.2) is 17.8 Å². The minimum Gasteiger partial charge on any atom is -0.477 e. The first kappa shape index (κ1) is 13.9. The van der Waals surface area contributed by atoms with E-state index in [0.29, 0.717) is 25.5 Å². The molecule has 110 valence electrons. The summed E-state index contributed by atoms with van der Waals surface area (Å²) in [6.45, 7) is 3.76. The number of morpholine rings is 1. The van der Waals surface area contributed by atoms with Gasteiger partial charge in [0.25, 0.3) is 0 Å². The van der Waals surface area contributed by atoms with Crippen LogP contribution in [0.2, 0.25) is 0 Å². The third-order valence-electron chi connectivity index (χ3n) is 3.17. The highest BCUT2D eigenvalue weighted by Crippen LogP contribution is 2.27. The largest absolute Gasteiger partial charge is 0.477 e. The van der Waals surface area contributed by atoms with Crippen LogP contribution in [0.25, 0.3) is 0 Å². The van der Waals surface area contributed by atoms with Crippen LogP contribution in [0.4, 0.5) is 5.82 Å². The van der Waals surface area contributed by atoms with Crippen LogP contribution in [-0.4, -0.2) is 45.7 Å². The van der Waals surface area contributed by atoms with Gasteiger partial charge in [0.1, 0.15) is 23.3 Å². The first-order valence-corrected chi connectivity index (χ1v) is 7.35. The molecule has 1 aliphatic heterocycles. The number of carboxylic acids is 1. The number of aromatic carboxylic acids is 1. The summed E-state index contributed by atoms with van der Waals surface area (Å²) in [4.78, 5) is 25.3. The van der Waals surface area contributed by atoms with E-state index in [1.54, 1.807) is 11.3 Å². The van der Waals surface area contributed by atoms with Crippen molar-refractivity contribution < 1.29 is 14.6 Å². The highest BCUT2D eigenvalue weighted by Gasteiger charge is 2.25. The molecule has 0 amide bonds. The zero-order valence-electron chi connectivity index (χ0n) is 11.4. The lowest BCUT2D eigenvalue weighted by molar-refractivity contribution is 0.0393. The number of nitrogens with zero attached hydrogens (tertiary/aromatic N) is 4. The molecule has 0 aromatic carbocycles. The van der Waals surface area contributed by atoms with Crippen LogP contribution >= 0.6 is 11.3 Å². The molecule has 7 nitrogen and oxygen atoms in total. The first-order valence-electron chi connectivity index (χ1n) is 6.47. The van der Waals surface area contributed by atoms with E-state index in [9.17, 15) is 4.79 Å². The van der Waals surface area contributed by atoms with Crippen molar-refractivity contribution in [1.29, 1.82) is 0 Å². The maximum absolute atomic E-state index is 11.0. The molecule has 1 unspecified atom stereocenters. The van der Waals surface area contributed by atoms with Crippen LogP contribution in [0.5, 0.6) is 0 Å². The molecule has 0 radical (unpaired) electrons. The van der Waals surface area contributed by atoms with E-state index >= 15 is 0 Å². The van der Waals surface area contributed by atoms with Crippen molar-refractivity contribution in [2.45, 2.75) is 13.0 Å². The summed E-state index contributed by atoms with van der Waals surface area (Å²) in [6, 6.07) is 1.48. The van der Waals surface area contributed by atoms with Gasteiger partial charge in [0.05, 0.1) is 13.2 Å². The van der Waals surface area contributed by atoms with Crippen molar-refractivity contribution in [2.75, 3.05) is 24.6 Å². The van der Waals surface area contributed by atoms with Gasteiger partial charge in [0.2, 0.25) is 0 Å². The summed E-state index contributed by atoms with van der Waals surface area (Å²) in [5, 5.41) is 11.9. The molecule has 1 saturated heterocycles. The predicted molar refractivity (Wildman–Crippen MR) is 76.7 cm³/mol. The summed E-state index contributed by atoms with van der Waals surface area (Å²) in [5.74, 6) is -0.456. The van der Waals surface area contributed by atoms with Gasteiger partial charge in [-0.15, -0.1) is 11.3 Å². The molecule has 21 heavy (non-hydrogen) atoms. The highest BCUT2D eigenvalue weighted by atomic mass is 32.1. The van der Waals surface area contributed by atoms with Gasteiger partial charge in [-0.25, -0.2) is 19.7 Å². The Morgan fingerprint density at radius 1 is 1.52 bits per heavy atom. The molecule has 1 aliphatic rings. The number of hydrogen-bond acceptors (Lipinski definition) is 7. The summed E-state index contributed by atoms with van der Waals surface area (Å²) < 4.78 is 5.75. The Labute approximate surface area is 125 Å². The number of aromatic nitrogens is 3. The lowest BCUT2D eigenvalue weighted by Gasteiger charge is -2.32. The van der Waals surface area contributed by atoms with Gasteiger partial charge in [-0.2, -0.15) is 0 Å². The Morgan fingerprint density at radius 3 is 3.10 bits per heavy atom. The smallest absolute Gasteiger partial charge is 0.354 e. The van der Waals surface area contributed by atoms with Crippen LogP contribution in [0.1, 0.15) is 27.3 Å². The molecule has 3 rings (SSSR count). The summed E-state index contributed by atoms with van der Waals surface area (Å²) >= 11 is 1.57. The number of rotatable bonds is 3. The van der Waals surface area contributed by atoms with Crippen molar-refractivity contribution in [2.24, 2.45) is 0 Å². The van der Waals surface area contributed by atoms with E-state index in [2.05, 4.69) is 15.0 Å². The molecule has 0 spiro atoms. The zero-order valence-corrected chi connectivity index (χ0v) is 12.2. The summed E-state index contributed by atoms with van der Waals surface area (Å²) in [7, 11) is 0. The Hall–Kier alpha value is -2.06. The maximum atomic E-state index is 11.0. The SMILES string of the molecule is Cc1csc(C2CN(c3cc(C(=O)O)ncn3)CCO2)n1. The maximum Gasteiger partial charge on any atom is 0.354 e. The topological polar surface area (TPSA) is 88.4 Å². The second-order valence-corrected chi connectivity index (χ2v) is 5.59. The molecule has 2 aromatic rings. The van der Waals surface area contributed by atoms with Crippen LogP contribution < -0.4 is 4.90 Å². The number of ether oxygens (including phenoxy) is 1. The molecule has 1 N–H and O–H groups in total. The fourth-order valence-electron chi connectivity index (χ4n) is 2.16. The molecule has 1 fully saturated rings. The minimum absolute atomic E-state index is 0.00636. The molecule has 3 heterocycles. The van der Waals surface area contributed by atoms with Crippen molar-refractivity contribution in [3.05, 3.63) is 34.2 Å². The molecular weight excluding hydrogens is 292 g/mol. The number of hydrogen-bond donors (Lipinski definition) is 1. The lowest BCUT2D eigenvalue weighted by Crippen LogP contribution is -2.39. The van der Waals surface area contributed by atoms with Gasteiger partial charge in [-0.05, 0) is 6.92 Å². The van der Waals surface area contributed by atoms with Crippen LogP contribution in [0.3, 0.4) is 0 Å². The number of carbonyl (C=O) groups is 1. The average Bonchev–Trinajstić information content (AvgIpc) is 2.94. The average molecular weight is 306 g/mol. The second-order valence-electron chi connectivity index (χ2n) is 4.70. The fraction of sp³-hybridized carbons (Fsp3) is 0.385. The number of anilines is 1. The monoisotopic (exact) mass is 306 g/mol. The third-order valence-corrected chi connectivity index (χ3v) is 4.23. The standard InChI is InChI=1S/C13H14N4O3S/c1-8-6-21-12(16-8)10-5-17(2-3-20-10)11-4-9(13(18)19)14-7-15-11/h4,6-7,10H,2-3,5H2,1H3,(H,18,19). The molecule has 8 heteroatoms. The molecule has 2 aromatic heterocycles. The van der Waals surface area contributed by atoms with Gasteiger partial charge in [0.15, 0.2) is 5.69 Å². The van der Waals surface area contributed by atoms with E-state index in [1.165, 1.54) is 12.4 Å². The lowest BCUT2D eigenvalue weighted by atomic mass is 10.2. The predicted octanol–water partition coefficient (Wildman–Crippen LogP) is 1.52. The number of carboxylic acid groups (broad SMARTS) is 1. The fourth-order valence-corrected chi connectivity index (χ4v) is 3.00. The van der Waals surface area contributed by atoms with Gasteiger partial charge in [-0.3, -0.25) is 0 Å². The van der Waals surface area contributed by atoms with E-state index in [1.807, 2.05) is 17.2 Å². The van der Waals surface area contributed by atoms with Crippen LogP contribution in [0, 0.1) is 6.92 Å².